The van der Waals surface area contributed by atoms with E-state index in [1.165, 1.54) is 0 Å². The van der Waals surface area contributed by atoms with Crippen molar-refractivity contribution in [2.24, 2.45) is 5.92 Å². The third-order valence-corrected chi connectivity index (χ3v) is 5.98. The maximum Gasteiger partial charge on any atom is 0.325 e. The lowest BCUT2D eigenvalue weighted by Crippen LogP contribution is -2.50. The summed E-state index contributed by atoms with van der Waals surface area (Å²) in [7, 11) is 3.11. The topological polar surface area (TPSA) is 97.0 Å². The lowest BCUT2D eigenvalue weighted by molar-refractivity contribution is -0.136. The van der Waals surface area contributed by atoms with Crippen molar-refractivity contribution in [2.75, 3.05) is 20.8 Å². The molecule has 3 rings (SSSR count). The van der Waals surface area contributed by atoms with Crippen LogP contribution in [0.15, 0.2) is 18.2 Å². The van der Waals surface area contributed by atoms with Gasteiger partial charge >= 0.3 is 6.03 Å². The highest BCUT2D eigenvalue weighted by molar-refractivity contribution is 6.09. The smallest absolute Gasteiger partial charge is 0.325 e. The van der Waals surface area contributed by atoms with E-state index >= 15 is 0 Å². The number of imide groups is 1. The Balaban J connectivity index is 1.58. The fourth-order valence-corrected chi connectivity index (χ4v) is 4.11. The van der Waals surface area contributed by atoms with Crippen LogP contribution in [0.4, 0.5) is 4.79 Å². The second kappa shape index (κ2) is 8.71. The monoisotopic (exact) mass is 403 g/mol. The van der Waals surface area contributed by atoms with Crippen LogP contribution in [0, 0.1) is 5.92 Å². The molecule has 2 aliphatic rings. The van der Waals surface area contributed by atoms with Gasteiger partial charge in [0.15, 0.2) is 0 Å². The molecule has 0 atom stereocenters. The molecule has 1 aliphatic carbocycles. The minimum Gasteiger partial charge on any atom is -0.497 e. The molecule has 1 heterocycles. The number of benzene rings is 1. The van der Waals surface area contributed by atoms with E-state index < -0.39 is 17.5 Å². The van der Waals surface area contributed by atoms with Gasteiger partial charge < -0.3 is 20.1 Å². The average Bonchev–Trinajstić information content (AvgIpc) is 2.96. The van der Waals surface area contributed by atoms with Crippen molar-refractivity contribution in [1.29, 1.82) is 0 Å². The number of methoxy groups -OCH3 is 2. The van der Waals surface area contributed by atoms with E-state index in [1.807, 2.05) is 0 Å². The van der Waals surface area contributed by atoms with Gasteiger partial charge in [-0.05, 0) is 49.3 Å². The number of hydrogen-bond donors (Lipinski definition) is 2. The number of nitrogens with zero attached hydrogens (tertiary/aromatic N) is 1. The predicted octanol–water partition coefficient (Wildman–Crippen LogP) is 2.21. The molecule has 8 nitrogen and oxygen atoms in total. The first-order valence-electron chi connectivity index (χ1n) is 10.0. The van der Waals surface area contributed by atoms with Gasteiger partial charge in [0.05, 0.1) is 14.2 Å². The Bertz CT molecular complexity index is 764. The summed E-state index contributed by atoms with van der Waals surface area (Å²) < 4.78 is 10.4. The SMILES string of the molecule is CCC1CCC2(CC1)NC(=O)N(CC(=O)NCc1cc(OC)cc(OC)c1)C2=O. The van der Waals surface area contributed by atoms with Crippen LogP contribution >= 0.6 is 0 Å². The summed E-state index contributed by atoms with van der Waals surface area (Å²) in [5.74, 6) is 1.16. The van der Waals surface area contributed by atoms with E-state index in [9.17, 15) is 14.4 Å². The largest absolute Gasteiger partial charge is 0.497 e. The summed E-state index contributed by atoms with van der Waals surface area (Å²) in [6.07, 6.45) is 4.19. The standard InChI is InChI=1S/C21H29N3O5/c1-4-14-5-7-21(8-6-14)19(26)24(20(27)23-21)13-18(25)22-12-15-9-16(28-2)11-17(10-15)29-3/h9-11,14H,4-8,12-13H2,1-3H3,(H,22,25)(H,23,27). The van der Waals surface area contributed by atoms with E-state index in [0.717, 1.165) is 29.7 Å². The Morgan fingerprint density at radius 3 is 2.34 bits per heavy atom. The first-order valence-corrected chi connectivity index (χ1v) is 10.0. The number of hydrogen-bond acceptors (Lipinski definition) is 5. The van der Waals surface area contributed by atoms with E-state index in [0.29, 0.717) is 30.3 Å². The molecule has 158 valence electrons. The molecule has 1 aromatic carbocycles. The van der Waals surface area contributed by atoms with Crippen LogP contribution in [0.25, 0.3) is 0 Å². The molecule has 0 aromatic heterocycles. The molecule has 2 fully saturated rings. The zero-order valence-corrected chi connectivity index (χ0v) is 17.2. The second-order valence-electron chi connectivity index (χ2n) is 7.75. The Labute approximate surface area is 170 Å². The number of rotatable bonds is 7. The fraction of sp³-hybridized carbons (Fsp3) is 0.571. The molecule has 1 aromatic rings. The Hall–Kier alpha value is -2.77. The first-order chi connectivity index (χ1) is 13.9. The van der Waals surface area contributed by atoms with E-state index in [-0.39, 0.29) is 19.0 Å². The van der Waals surface area contributed by atoms with Crippen molar-refractivity contribution in [1.82, 2.24) is 15.5 Å². The van der Waals surface area contributed by atoms with Crippen molar-refractivity contribution in [3.8, 4) is 11.5 Å². The molecule has 1 spiro atoms. The first kappa shape index (κ1) is 21.0. The van der Waals surface area contributed by atoms with E-state index in [4.69, 9.17) is 9.47 Å². The zero-order chi connectivity index (χ0) is 21.0. The summed E-state index contributed by atoms with van der Waals surface area (Å²) in [5, 5.41) is 5.60. The fourth-order valence-electron chi connectivity index (χ4n) is 4.11. The number of urea groups is 1. The normalized spacial score (nSPS) is 23.8. The summed E-state index contributed by atoms with van der Waals surface area (Å²) >= 11 is 0. The highest BCUT2D eigenvalue weighted by Crippen LogP contribution is 2.37. The molecule has 8 heteroatoms. The molecule has 0 radical (unpaired) electrons. The van der Waals surface area contributed by atoms with Crippen LogP contribution in [-0.2, 0) is 16.1 Å². The van der Waals surface area contributed by atoms with Crippen LogP contribution in [0.3, 0.4) is 0 Å². The van der Waals surface area contributed by atoms with Crippen LogP contribution in [0.2, 0.25) is 0 Å². The number of nitrogens with one attached hydrogen (secondary N) is 2. The zero-order valence-electron chi connectivity index (χ0n) is 17.2. The Morgan fingerprint density at radius 1 is 1.17 bits per heavy atom. The highest BCUT2D eigenvalue weighted by atomic mass is 16.5. The van der Waals surface area contributed by atoms with Gasteiger partial charge in [-0.25, -0.2) is 4.79 Å². The van der Waals surface area contributed by atoms with Crippen LogP contribution in [0.1, 0.15) is 44.6 Å². The molecule has 2 N–H and O–H groups in total. The van der Waals surface area contributed by atoms with Gasteiger partial charge in [0.1, 0.15) is 23.6 Å². The highest BCUT2D eigenvalue weighted by Gasteiger charge is 2.52. The summed E-state index contributed by atoms with van der Waals surface area (Å²) in [6.45, 7) is 2.09. The summed E-state index contributed by atoms with van der Waals surface area (Å²) in [5.41, 5.74) is -0.0375. The average molecular weight is 403 g/mol. The van der Waals surface area contributed by atoms with Crippen LogP contribution in [-0.4, -0.2) is 49.0 Å². The van der Waals surface area contributed by atoms with Gasteiger partial charge in [0, 0.05) is 12.6 Å². The Kier molecular flexibility index (Phi) is 6.30. The second-order valence-corrected chi connectivity index (χ2v) is 7.75. The van der Waals surface area contributed by atoms with Gasteiger partial charge in [-0.3, -0.25) is 14.5 Å². The molecule has 0 bridgehead atoms. The van der Waals surface area contributed by atoms with Crippen molar-refractivity contribution in [3.05, 3.63) is 23.8 Å². The third kappa shape index (κ3) is 4.46. The maximum absolute atomic E-state index is 12.9. The molecule has 1 saturated carbocycles. The molecule has 1 aliphatic heterocycles. The summed E-state index contributed by atoms with van der Waals surface area (Å²) in [6, 6.07) is 4.84. The van der Waals surface area contributed by atoms with Crippen LogP contribution in [0.5, 0.6) is 11.5 Å². The van der Waals surface area contributed by atoms with E-state index in [2.05, 4.69) is 17.6 Å². The van der Waals surface area contributed by atoms with Gasteiger partial charge in [0.2, 0.25) is 5.91 Å². The minimum absolute atomic E-state index is 0.235. The molecule has 29 heavy (non-hydrogen) atoms. The maximum atomic E-state index is 12.9. The molecular weight excluding hydrogens is 374 g/mol. The molecule has 1 saturated heterocycles. The lowest BCUT2D eigenvalue weighted by Gasteiger charge is -2.34. The van der Waals surface area contributed by atoms with Gasteiger partial charge in [0.25, 0.3) is 5.91 Å². The van der Waals surface area contributed by atoms with Crippen molar-refractivity contribution in [2.45, 2.75) is 51.1 Å². The Morgan fingerprint density at radius 2 is 1.79 bits per heavy atom. The quantitative estimate of drug-likeness (QED) is 0.681. The number of amides is 4. The number of carbonyl (C=O) groups excluding carboxylic acids is 3. The van der Waals surface area contributed by atoms with Gasteiger partial charge in [-0.15, -0.1) is 0 Å². The van der Waals surface area contributed by atoms with Gasteiger partial charge in [-0.2, -0.15) is 0 Å². The van der Waals surface area contributed by atoms with Crippen molar-refractivity contribution < 1.29 is 23.9 Å². The molecule has 4 amide bonds. The third-order valence-electron chi connectivity index (χ3n) is 5.98. The summed E-state index contributed by atoms with van der Waals surface area (Å²) in [4.78, 5) is 38.7. The van der Waals surface area contributed by atoms with Crippen molar-refractivity contribution in [3.63, 3.8) is 0 Å². The molecule has 0 unspecified atom stereocenters. The van der Waals surface area contributed by atoms with Crippen LogP contribution < -0.4 is 20.1 Å². The van der Waals surface area contributed by atoms with Gasteiger partial charge in [-0.1, -0.05) is 13.3 Å². The van der Waals surface area contributed by atoms with Crippen molar-refractivity contribution >= 4 is 17.8 Å². The number of ether oxygens (including phenoxy) is 2. The minimum atomic E-state index is -0.830. The molecular formula is C21H29N3O5. The predicted molar refractivity (Wildman–Crippen MR) is 107 cm³/mol. The lowest BCUT2D eigenvalue weighted by atomic mass is 9.75. The number of carbonyl (C=O) groups is 3. The van der Waals surface area contributed by atoms with E-state index in [1.54, 1.807) is 32.4 Å².